The van der Waals surface area contributed by atoms with Gasteiger partial charge in [-0.15, -0.1) is 0 Å². The highest BCUT2D eigenvalue weighted by Crippen LogP contribution is 2.15. The number of benzene rings is 1. The van der Waals surface area contributed by atoms with E-state index in [1.807, 2.05) is 18.2 Å². The largest absolute Gasteiger partial charge is 0.385 e. The molecule has 142 valence electrons. The predicted molar refractivity (Wildman–Crippen MR) is 105 cm³/mol. The van der Waals surface area contributed by atoms with Gasteiger partial charge in [0.05, 0.1) is 6.10 Å². The van der Waals surface area contributed by atoms with Gasteiger partial charge in [0.1, 0.15) is 0 Å². The summed E-state index contributed by atoms with van der Waals surface area (Å²) in [5.41, 5.74) is 1.22. The molecule has 1 rings (SSSR count). The predicted octanol–water partition coefficient (Wildman–Crippen LogP) is 3.53. The van der Waals surface area contributed by atoms with Crippen molar-refractivity contribution in [1.29, 1.82) is 0 Å². The quantitative estimate of drug-likeness (QED) is 0.325. The Labute approximate surface area is 153 Å². The fraction of sp³-hybridized carbons (Fsp3) is 0.650. The molecule has 0 aliphatic rings. The van der Waals surface area contributed by atoms with Gasteiger partial charge >= 0.3 is 0 Å². The molecule has 0 spiro atoms. The number of aliphatic imine (C=N–C) groups is 1. The normalized spacial score (nSPS) is 12.8. The van der Waals surface area contributed by atoms with E-state index in [1.54, 1.807) is 7.11 Å². The zero-order valence-electron chi connectivity index (χ0n) is 16.1. The number of nitrogens with zero attached hydrogens (tertiary/aromatic N) is 1. The standard InChI is InChI=1S/C20H35N3O2/c1-4-21-20(22-14-9-6-10-16-24-3)23-15-11-17-25-18(2)19-12-7-5-8-13-19/h5,7-8,12-13,18H,4,6,9-11,14-17H2,1-3H3,(H2,21,22,23). The SMILES string of the molecule is CCNC(=NCCCOC(C)c1ccccc1)NCCCCCOC. The van der Waals surface area contributed by atoms with Crippen LogP contribution in [0.3, 0.4) is 0 Å². The zero-order valence-corrected chi connectivity index (χ0v) is 16.1. The van der Waals surface area contributed by atoms with Gasteiger partial charge in [-0.1, -0.05) is 30.3 Å². The lowest BCUT2D eigenvalue weighted by Crippen LogP contribution is -2.37. The first-order chi connectivity index (χ1) is 12.3. The Bertz CT molecular complexity index is 452. The number of unbranched alkanes of at least 4 members (excludes halogenated alkanes) is 2. The van der Waals surface area contributed by atoms with Crippen LogP contribution in [0, 0.1) is 0 Å². The summed E-state index contributed by atoms with van der Waals surface area (Å²) in [6.45, 7) is 8.31. The van der Waals surface area contributed by atoms with Crippen LogP contribution in [0.15, 0.2) is 35.3 Å². The maximum atomic E-state index is 5.88. The summed E-state index contributed by atoms with van der Waals surface area (Å²) >= 11 is 0. The van der Waals surface area contributed by atoms with Gasteiger partial charge < -0.3 is 20.1 Å². The van der Waals surface area contributed by atoms with Crippen LogP contribution in [0.1, 0.15) is 51.2 Å². The third kappa shape index (κ3) is 10.8. The van der Waals surface area contributed by atoms with Crippen molar-refractivity contribution in [2.45, 2.75) is 45.6 Å². The van der Waals surface area contributed by atoms with Crippen LogP contribution in [-0.2, 0) is 9.47 Å². The maximum Gasteiger partial charge on any atom is 0.191 e. The van der Waals surface area contributed by atoms with Gasteiger partial charge in [-0.25, -0.2) is 0 Å². The molecule has 0 radical (unpaired) electrons. The third-order valence-corrected chi connectivity index (χ3v) is 3.87. The highest BCUT2D eigenvalue weighted by Gasteiger charge is 2.04. The van der Waals surface area contributed by atoms with Crippen molar-refractivity contribution >= 4 is 5.96 Å². The summed E-state index contributed by atoms with van der Waals surface area (Å²) in [6, 6.07) is 10.3. The monoisotopic (exact) mass is 349 g/mol. The Morgan fingerprint density at radius 2 is 1.84 bits per heavy atom. The minimum Gasteiger partial charge on any atom is -0.385 e. The van der Waals surface area contributed by atoms with Crippen LogP contribution >= 0.6 is 0 Å². The summed E-state index contributed by atoms with van der Waals surface area (Å²) in [5, 5.41) is 6.66. The second kappa shape index (κ2) is 14.7. The van der Waals surface area contributed by atoms with Crippen molar-refractivity contribution in [2.24, 2.45) is 4.99 Å². The van der Waals surface area contributed by atoms with Gasteiger partial charge in [0, 0.05) is 40.0 Å². The van der Waals surface area contributed by atoms with Crippen LogP contribution in [0.4, 0.5) is 0 Å². The molecule has 0 aliphatic heterocycles. The molecule has 5 nitrogen and oxygen atoms in total. The van der Waals surface area contributed by atoms with Crippen LogP contribution in [0.2, 0.25) is 0 Å². The number of rotatable bonds is 13. The molecule has 1 atom stereocenters. The highest BCUT2D eigenvalue weighted by molar-refractivity contribution is 5.79. The van der Waals surface area contributed by atoms with E-state index in [-0.39, 0.29) is 6.10 Å². The molecule has 0 saturated carbocycles. The molecule has 0 aromatic heterocycles. The van der Waals surface area contributed by atoms with Gasteiger partial charge in [0.15, 0.2) is 5.96 Å². The van der Waals surface area contributed by atoms with Crippen molar-refractivity contribution in [3.05, 3.63) is 35.9 Å². The fourth-order valence-electron chi connectivity index (χ4n) is 2.43. The molecule has 0 aliphatic carbocycles. The lowest BCUT2D eigenvalue weighted by molar-refractivity contribution is 0.0652. The molecule has 25 heavy (non-hydrogen) atoms. The minimum atomic E-state index is 0.128. The Balaban J connectivity index is 2.17. The number of nitrogens with one attached hydrogen (secondary N) is 2. The van der Waals surface area contributed by atoms with E-state index in [9.17, 15) is 0 Å². The first-order valence-electron chi connectivity index (χ1n) is 9.45. The summed E-state index contributed by atoms with van der Waals surface area (Å²) in [6.07, 6.45) is 4.46. The lowest BCUT2D eigenvalue weighted by Gasteiger charge is -2.13. The minimum absolute atomic E-state index is 0.128. The Kier molecular flexibility index (Phi) is 12.6. The van der Waals surface area contributed by atoms with Crippen molar-refractivity contribution in [3.8, 4) is 0 Å². The summed E-state index contributed by atoms with van der Waals surface area (Å²) in [7, 11) is 1.75. The fourth-order valence-corrected chi connectivity index (χ4v) is 2.43. The third-order valence-electron chi connectivity index (χ3n) is 3.87. The molecule has 1 aromatic carbocycles. The van der Waals surface area contributed by atoms with Crippen molar-refractivity contribution in [1.82, 2.24) is 10.6 Å². The van der Waals surface area contributed by atoms with Crippen molar-refractivity contribution < 1.29 is 9.47 Å². The van der Waals surface area contributed by atoms with Crippen LogP contribution in [0.25, 0.3) is 0 Å². The Hall–Kier alpha value is -1.59. The summed E-state index contributed by atoms with van der Waals surface area (Å²) in [5.74, 6) is 0.894. The molecule has 5 heteroatoms. The second-order valence-electron chi connectivity index (χ2n) is 6.02. The smallest absolute Gasteiger partial charge is 0.191 e. The van der Waals surface area contributed by atoms with Gasteiger partial charge in [-0.05, 0) is 45.1 Å². The van der Waals surface area contributed by atoms with E-state index in [4.69, 9.17) is 9.47 Å². The summed E-state index contributed by atoms with van der Waals surface area (Å²) < 4.78 is 10.9. The molecule has 2 N–H and O–H groups in total. The lowest BCUT2D eigenvalue weighted by atomic mass is 10.1. The molecule has 0 fully saturated rings. The Morgan fingerprint density at radius 1 is 1.04 bits per heavy atom. The van der Waals surface area contributed by atoms with Crippen LogP contribution in [0.5, 0.6) is 0 Å². The first-order valence-corrected chi connectivity index (χ1v) is 9.45. The topological polar surface area (TPSA) is 54.9 Å². The number of ether oxygens (including phenoxy) is 2. The average Bonchev–Trinajstić information content (AvgIpc) is 2.64. The van der Waals surface area contributed by atoms with Gasteiger partial charge in [-0.2, -0.15) is 0 Å². The second-order valence-corrected chi connectivity index (χ2v) is 6.02. The molecule has 1 unspecified atom stereocenters. The maximum absolute atomic E-state index is 5.88. The zero-order chi connectivity index (χ0) is 18.2. The van der Waals surface area contributed by atoms with Crippen LogP contribution < -0.4 is 10.6 Å². The van der Waals surface area contributed by atoms with E-state index >= 15 is 0 Å². The van der Waals surface area contributed by atoms with Crippen LogP contribution in [-0.4, -0.2) is 45.9 Å². The van der Waals surface area contributed by atoms with Gasteiger partial charge in [0.2, 0.25) is 0 Å². The van der Waals surface area contributed by atoms with Gasteiger partial charge in [-0.3, -0.25) is 4.99 Å². The first kappa shape index (κ1) is 21.5. The number of guanidine groups is 1. The van der Waals surface area contributed by atoms with E-state index in [0.717, 1.165) is 58.1 Å². The number of methoxy groups -OCH3 is 1. The molecule has 1 aromatic rings. The highest BCUT2D eigenvalue weighted by atomic mass is 16.5. The molecule has 0 bridgehead atoms. The Morgan fingerprint density at radius 3 is 2.56 bits per heavy atom. The molecule has 0 saturated heterocycles. The summed E-state index contributed by atoms with van der Waals surface area (Å²) in [4.78, 5) is 4.61. The van der Waals surface area contributed by atoms with E-state index in [0.29, 0.717) is 0 Å². The number of hydrogen-bond acceptors (Lipinski definition) is 3. The molecule has 0 amide bonds. The van der Waals surface area contributed by atoms with E-state index in [2.05, 4.69) is 41.6 Å². The van der Waals surface area contributed by atoms with Crippen molar-refractivity contribution in [3.63, 3.8) is 0 Å². The molecular weight excluding hydrogens is 314 g/mol. The molecule has 0 heterocycles. The average molecular weight is 350 g/mol. The van der Waals surface area contributed by atoms with E-state index in [1.165, 1.54) is 12.0 Å². The number of hydrogen-bond donors (Lipinski definition) is 2. The van der Waals surface area contributed by atoms with E-state index < -0.39 is 0 Å². The van der Waals surface area contributed by atoms with Crippen molar-refractivity contribution in [2.75, 3.05) is 40.0 Å². The van der Waals surface area contributed by atoms with Gasteiger partial charge in [0.25, 0.3) is 0 Å². The molecular formula is C20H35N3O2.